The van der Waals surface area contributed by atoms with Crippen molar-refractivity contribution in [2.75, 3.05) is 0 Å². The summed E-state index contributed by atoms with van der Waals surface area (Å²) in [6, 6.07) is 1.60. The predicted octanol–water partition coefficient (Wildman–Crippen LogP) is 3.95. The molecule has 0 fully saturated rings. The van der Waals surface area contributed by atoms with E-state index in [1.54, 1.807) is 6.07 Å². The molecule has 2 aromatic rings. The normalized spacial score (nSPS) is 12.8. The molecule has 0 amide bonds. The molecule has 0 N–H and O–H groups in total. The fraction of sp³-hybridized carbons (Fsp3) is 0.385. The van der Waals surface area contributed by atoms with E-state index in [2.05, 4.69) is 9.97 Å². The summed E-state index contributed by atoms with van der Waals surface area (Å²) in [5.41, 5.74) is 1.30. The van der Waals surface area contributed by atoms with Gasteiger partial charge >= 0.3 is 0 Å². The smallest absolute Gasteiger partial charge is 0.181 e. The van der Waals surface area contributed by atoms with Crippen LogP contribution < -0.4 is 0 Å². The van der Waals surface area contributed by atoms with Gasteiger partial charge in [0.2, 0.25) is 0 Å². The quantitative estimate of drug-likeness (QED) is 0.831. The van der Waals surface area contributed by atoms with Gasteiger partial charge in [-0.2, -0.15) is 0 Å². The van der Waals surface area contributed by atoms with E-state index in [1.165, 1.54) is 12.6 Å². The van der Waals surface area contributed by atoms with E-state index in [4.69, 9.17) is 27.6 Å². The number of oxazole rings is 1. The van der Waals surface area contributed by atoms with Crippen LogP contribution in [0.4, 0.5) is 0 Å². The van der Waals surface area contributed by atoms with Crippen LogP contribution in [0.25, 0.3) is 0 Å². The lowest BCUT2D eigenvalue weighted by atomic mass is 10.1. The molecule has 2 heterocycles. The first-order chi connectivity index (χ1) is 9.47. The van der Waals surface area contributed by atoms with Crippen LogP contribution in [0.2, 0.25) is 10.0 Å². The topological polar surface area (TPSA) is 56.0 Å². The minimum Gasteiger partial charge on any atom is -0.448 e. The van der Waals surface area contributed by atoms with Gasteiger partial charge in [0.1, 0.15) is 5.76 Å². The molecule has 108 valence electrons. The van der Waals surface area contributed by atoms with E-state index >= 15 is 0 Å². The molecule has 0 unspecified atom stereocenters. The SMILES string of the molecule is CC(C)c1ocnc1C[S@@](=O)Cc1ncc(Cl)cc1Cl. The molecule has 0 radical (unpaired) electrons. The lowest BCUT2D eigenvalue weighted by Gasteiger charge is -2.05. The molecule has 2 rings (SSSR count). The maximum Gasteiger partial charge on any atom is 0.181 e. The molecule has 0 bridgehead atoms. The van der Waals surface area contributed by atoms with Gasteiger partial charge in [0, 0.05) is 22.9 Å². The minimum atomic E-state index is -1.16. The Morgan fingerprint density at radius 1 is 1.25 bits per heavy atom. The molecule has 4 nitrogen and oxygen atoms in total. The lowest BCUT2D eigenvalue weighted by Crippen LogP contribution is -2.04. The Labute approximate surface area is 130 Å². The highest BCUT2D eigenvalue weighted by Gasteiger charge is 2.16. The van der Waals surface area contributed by atoms with Crippen molar-refractivity contribution in [3.05, 3.63) is 45.9 Å². The molecule has 20 heavy (non-hydrogen) atoms. The molecule has 0 aliphatic carbocycles. The van der Waals surface area contributed by atoms with Crippen LogP contribution in [0, 0.1) is 0 Å². The Kier molecular flexibility index (Phi) is 5.18. The zero-order chi connectivity index (χ0) is 14.7. The molecule has 0 spiro atoms. The molecule has 1 atom stereocenters. The maximum absolute atomic E-state index is 12.2. The molecule has 0 aromatic carbocycles. The first-order valence-corrected chi connectivity index (χ1v) is 8.29. The van der Waals surface area contributed by atoms with Crippen LogP contribution in [0.5, 0.6) is 0 Å². The molecule has 0 saturated heterocycles. The monoisotopic (exact) mass is 332 g/mol. The summed E-state index contributed by atoms with van der Waals surface area (Å²) < 4.78 is 17.5. The molecule has 0 saturated carbocycles. The minimum absolute atomic E-state index is 0.210. The molecular formula is C13H14Cl2N2O2S. The lowest BCUT2D eigenvalue weighted by molar-refractivity contribution is 0.480. The summed E-state index contributed by atoms with van der Waals surface area (Å²) in [4.78, 5) is 8.23. The number of nitrogens with zero attached hydrogens (tertiary/aromatic N) is 2. The predicted molar refractivity (Wildman–Crippen MR) is 80.4 cm³/mol. The summed E-state index contributed by atoms with van der Waals surface area (Å²) in [7, 11) is -1.16. The van der Waals surface area contributed by atoms with Gasteiger partial charge in [-0.05, 0) is 6.07 Å². The van der Waals surface area contributed by atoms with Crippen LogP contribution in [-0.2, 0) is 22.3 Å². The maximum atomic E-state index is 12.2. The highest BCUT2D eigenvalue weighted by Crippen LogP contribution is 2.22. The van der Waals surface area contributed by atoms with Gasteiger partial charge in [-0.25, -0.2) is 4.98 Å². The van der Waals surface area contributed by atoms with Gasteiger partial charge < -0.3 is 4.42 Å². The average molecular weight is 333 g/mol. The van der Waals surface area contributed by atoms with Gasteiger partial charge in [-0.1, -0.05) is 37.0 Å². The van der Waals surface area contributed by atoms with Gasteiger partial charge in [0.25, 0.3) is 0 Å². The highest BCUT2D eigenvalue weighted by atomic mass is 35.5. The van der Waals surface area contributed by atoms with Crippen LogP contribution in [0.15, 0.2) is 23.1 Å². The van der Waals surface area contributed by atoms with Crippen molar-refractivity contribution in [2.45, 2.75) is 31.3 Å². The number of halogens is 2. The summed E-state index contributed by atoms with van der Waals surface area (Å²) in [5, 5.41) is 0.887. The second-order valence-electron chi connectivity index (χ2n) is 4.63. The summed E-state index contributed by atoms with van der Waals surface area (Å²) >= 11 is 11.8. The van der Waals surface area contributed by atoms with Crippen molar-refractivity contribution >= 4 is 34.0 Å². The van der Waals surface area contributed by atoms with E-state index in [0.717, 1.165) is 11.5 Å². The number of hydrogen-bond donors (Lipinski definition) is 0. The fourth-order valence-electron chi connectivity index (χ4n) is 1.76. The Hall–Kier alpha value is -0.910. The second kappa shape index (κ2) is 6.70. The number of hydrogen-bond acceptors (Lipinski definition) is 4. The summed E-state index contributed by atoms with van der Waals surface area (Å²) in [6.07, 6.45) is 2.88. The molecular weight excluding hydrogens is 319 g/mol. The van der Waals surface area contributed by atoms with E-state index < -0.39 is 10.8 Å². The molecule has 0 aliphatic rings. The zero-order valence-electron chi connectivity index (χ0n) is 11.1. The third kappa shape index (κ3) is 3.81. The molecule has 7 heteroatoms. The van der Waals surface area contributed by atoms with Gasteiger partial charge in [-0.15, -0.1) is 0 Å². The second-order valence-corrected chi connectivity index (χ2v) is 6.93. The van der Waals surface area contributed by atoms with Crippen LogP contribution in [-0.4, -0.2) is 14.2 Å². The Bertz CT molecular complexity index is 629. The number of aromatic nitrogens is 2. The molecule has 2 aromatic heterocycles. The van der Waals surface area contributed by atoms with Crippen molar-refractivity contribution in [3.8, 4) is 0 Å². The summed E-state index contributed by atoms with van der Waals surface area (Å²) in [6.45, 7) is 4.01. The van der Waals surface area contributed by atoms with Crippen molar-refractivity contribution in [1.82, 2.24) is 9.97 Å². The average Bonchev–Trinajstić information content (AvgIpc) is 2.81. The van der Waals surface area contributed by atoms with Gasteiger partial charge in [0.05, 0.1) is 32.9 Å². The van der Waals surface area contributed by atoms with Crippen molar-refractivity contribution in [2.24, 2.45) is 0 Å². The third-order valence-electron chi connectivity index (χ3n) is 2.68. The first-order valence-electron chi connectivity index (χ1n) is 6.04. The largest absolute Gasteiger partial charge is 0.448 e. The molecule has 0 aliphatic heterocycles. The first kappa shape index (κ1) is 15.5. The fourth-order valence-corrected chi connectivity index (χ4v) is 3.45. The van der Waals surface area contributed by atoms with E-state index in [0.29, 0.717) is 21.5 Å². The van der Waals surface area contributed by atoms with E-state index in [-0.39, 0.29) is 11.7 Å². The van der Waals surface area contributed by atoms with Crippen LogP contribution >= 0.6 is 23.2 Å². The van der Waals surface area contributed by atoms with Gasteiger partial charge in [0.15, 0.2) is 6.39 Å². The van der Waals surface area contributed by atoms with Crippen LogP contribution in [0.1, 0.15) is 36.9 Å². The highest BCUT2D eigenvalue weighted by molar-refractivity contribution is 7.83. The van der Waals surface area contributed by atoms with Crippen molar-refractivity contribution in [1.29, 1.82) is 0 Å². The van der Waals surface area contributed by atoms with Gasteiger partial charge in [-0.3, -0.25) is 9.19 Å². The summed E-state index contributed by atoms with van der Waals surface area (Å²) in [5.74, 6) is 1.57. The Morgan fingerprint density at radius 3 is 2.60 bits per heavy atom. The van der Waals surface area contributed by atoms with E-state index in [1.807, 2.05) is 13.8 Å². The van der Waals surface area contributed by atoms with Crippen molar-refractivity contribution < 1.29 is 8.63 Å². The zero-order valence-corrected chi connectivity index (χ0v) is 13.4. The Balaban J connectivity index is 2.07. The standard InChI is InChI=1S/C13H14Cl2N2O2S/c1-8(2)13-12(17-7-19-13)6-20(18)5-11-10(15)3-9(14)4-16-11/h3-4,7-8H,5-6H2,1-2H3/t20-/m0/s1. The third-order valence-corrected chi connectivity index (χ3v) is 4.40. The Morgan fingerprint density at radius 2 is 1.95 bits per heavy atom. The number of rotatable bonds is 5. The van der Waals surface area contributed by atoms with Crippen LogP contribution in [0.3, 0.4) is 0 Å². The number of pyridine rings is 1. The van der Waals surface area contributed by atoms with Crippen molar-refractivity contribution in [3.63, 3.8) is 0 Å². The van der Waals surface area contributed by atoms with E-state index in [9.17, 15) is 4.21 Å².